The molecule has 1 unspecified atom stereocenters. The second-order valence-electron chi connectivity index (χ2n) is 5.43. The first kappa shape index (κ1) is 15.4. The van der Waals surface area contributed by atoms with Crippen LogP contribution in [-0.4, -0.2) is 24.2 Å². The number of para-hydroxylation sites is 1. The van der Waals surface area contributed by atoms with Gasteiger partial charge in [-0.2, -0.15) is 0 Å². The number of fused-ring (bicyclic) bond motifs is 1. The normalized spacial score (nSPS) is 19.6. The van der Waals surface area contributed by atoms with E-state index in [0.717, 1.165) is 12.1 Å². The van der Waals surface area contributed by atoms with Crippen LogP contribution in [0.15, 0.2) is 42.5 Å². The van der Waals surface area contributed by atoms with E-state index < -0.39 is 23.1 Å². The Morgan fingerprint density at radius 3 is 2.83 bits per heavy atom. The summed E-state index contributed by atoms with van der Waals surface area (Å²) in [5.41, 5.74) is -0.984. The predicted octanol–water partition coefficient (Wildman–Crippen LogP) is 2.36. The maximum absolute atomic E-state index is 13.6. The van der Waals surface area contributed by atoms with Crippen molar-refractivity contribution in [1.29, 1.82) is 0 Å². The minimum absolute atomic E-state index is 0.0942. The third-order valence-corrected chi connectivity index (χ3v) is 3.88. The quantitative estimate of drug-likeness (QED) is 0.913. The molecule has 1 heterocycles. The summed E-state index contributed by atoms with van der Waals surface area (Å²) >= 11 is 0. The monoisotopic (exact) mass is 319 g/mol. The Morgan fingerprint density at radius 2 is 2.04 bits per heavy atom. The van der Waals surface area contributed by atoms with E-state index in [9.17, 15) is 18.7 Å². The van der Waals surface area contributed by atoms with Crippen LogP contribution in [0.1, 0.15) is 22.3 Å². The van der Waals surface area contributed by atoms with Crippen LogP contribution < -0.4 is 10.1 Å². The van der Waals surface area contributed by atoms with E-state index in [2.05, 4.69) is 5.32 Å². The summed E-state index contributed by atoms with van der Waals surface area (Å²) in [7, 11) is 0. The Hall–Kier alpha value is -2.47. The average Bonchev–Trinajstić information content (AvgIpc) is 2.53. The van der Waals surface area contributed by atoms with Gasteiger partial charge in [0.15, 0.2) is 0 Å². The lowest BCUT2D eigenvalue weighted by Gasteiger charge is -2.34. The maximum Gasteiger partial charge on any atom is 0.254 e. The van der Waals surface area contributed by atoms with Crippen LogP contribution in [0.5, 0.6) is 5.75 Å². The van der Waals surface area contributed by atoms with Crippen molar-refractivity contribution < 1.29 is 23.4 Å². The topological polar surface area (TPSA) is 58.6 Å². The van der Waals surface area contributed by atoms with Crippen molar-refractivity contribution in [3.05, 3.63) is 65.2 Å². The van der Waals surface area contributed by atoms with Gasteiger partial charge < -0.3 is 15.2 Å². The third kappa shape index (κ3) is 3.03. The molecule has 23 heavy (non-hydrogen) atoms. The fourth-order valence-electron chi connectivity index (χ4n) is 2.62. The molecule has 0 aliphatic carbocycles. The molecule has 2 aromatic rings. The molecule has 120 valence electrons. The molecule has 0 fully saturated rings. The van der Waals surface area contributed by atoms with Gasteiger partial charge in [0.1, 0.15) is 23.0 Å². The highest BCUT2D eigenvalue weighted by Gasteiger charge is 2.36. The molecule has 0 saturated heterocycles. The number of carbonyl (C=O) groups excluding carboxylic acids is 1. The highest BCUT2D eigenvalue weighted by Crippen LogP contribution is 2.36. The van der Waals surface area contributed by atoms with E-state index in [0.29, 0.717) is 30.4 Å². The number of carbonyl (C=O) groups is 1. The Kier molecular flexibility index (Phi) is 4.00. The van der Waals surface area contributed by atoms with Crippen molar-refractivity contribution in [1.82, 2.24) is 5.32 Å². The SMILES string of the molecule is O=C(NCC1(O)CCOc2ccccc21)c1ccc(F)cc1F. The van der Waals surface area contributed by atoms with E-state index in [4.69, 9.17) is 4.74 Å². The maximum atomic E-state index is 13.6. The number of ether oxygens (including phenoxy) is 1. The van der Waals surface area contributed by atoms with Crippen molar-refractivity contribution in [2.75, 3.05) is 13.2 Å². The first-order valence-electron chi connectivity index (χ1n) is 7.17. The largest absolute Gasteiger partial charge is 0.493 e. The molecule has 6 heteroatoms. The molecule has 4 nitrogen and oxygen atoms in total. The number of nitrogens with one attached hydrogen (secondary N) is 1. The number of rotatable bonds is 3. The molecule has 1 atom stereocenters. The second kappa shape index (κ2) is 5.96. The third-order valence-electron chi connectivity index (χ3n) is 3.88. The van der Waals surface area contributed by atoms with Gasteiger partial charge in [-0.05, 0) is 18.2 Å². The molecular formula is C17H15F2NO3. The van der Waals surface area contributed by atoms with Gasteiger partial charge in [-0.3, -0.25) is 4.79 Å². The summed E-state index contributed by atoms with van der Waals surface area (Å²) in [6.07, 6.45) is 0.302. The Labute approximate surface area is 131 Å². The van der Waals surface area contributed by atoms with Gasteiger partial charge in [0.25, 0.3) is 5.91 Å². The zero-order valence-corrected chi connectivity index (χ0v) is 12.2. The van der Waals surface area contributed by atoms with Gasteiger partial charge in [0, 0.05) is 18.1 Å². The van der Waals surface area contributed by atoms with Gasteiger partial charge in [0.05, 0.1) is 18.7 Å². The van der Waals surface area contributed by atoms with Gasteiger partial charge >= 0.3 is 0 Å². The molecule has 1 aliphatic heterocycles. The van der Waals surface area contributed by atoms with Crippen LogP contribution >= 0.6 is 0 Å². The number of halogens is 2. The van der Waals surface area contributed by atoms with Crippen LogP contribution in [0.25, 0.3) is 0 Å². The molecule has 0 bridgehead atoms. The zero-order valence-electron chi connectivity index (χ0n) is 12.2. The van der Waals surface area contributed by atoms with Gasteiger partial charge in [-0.1, -0.05) is 18.2 Å². The number of hydrogen-bond donors (Lipinski definition) is 2. The van der Waals surface area contributed by atoms with Crippen molar-refractivity contribution in [3.8, 4) is 5.75 Å². The van der Waals surface area contributed by atoms with Crippen molar-refractivity contribution >= 4 is 5.91 Å². The highest BCUT2D eigenvalue weighted by atomic mass is 19.1. The summed E-state index contributed by atoms with van der Waals surface area (Å²) in [5.74, 6) is -1.85. The molecule has 1 amide bonds. The van der Waals surface area contributed by atoms with E-state index >= 15 is 0 Å². The Balaban J connectivity index is 1.77. The van der Waals surface area contributed by atoms with Crippen molar-refractivity contribution in [3.63, 3.8) is 0 Å². The summed E-state index contributed by atoms with van der Waals surface area (Å²) in [4.78, 5) is 12.1. The summed E-state index contributed by atoms with van der Waals surface area (Å²) < 4.78 is 32.0. The van der Waals surface area contributed by atoms with Gasteiger partial charge in [0.2, 0.25) is 0 Å². The molecule has 2 N–H and O–H groups in total. The van der Waals surface area contributed by atoms with E-state index in [-0.39, 0.29) is 12.1 Å². The van der Waals surface area contributed by atoms with Gasteiger partial charge in [-0.25, -0.2) is 8.78 Å². The number of benzene rings is 2. The fourth-order valence-corrected chi connectivity index (χ4v) is 2.62. The number of aliphatic hydroxyl groups is 1. The smallest absolute Gasteiger partial charge is 0.254 e. The molecule has 0 radical (unpaired) electrons. The Bertz CT molecular complexity index is 750. The number of amides is 1. The van der Waals surface area contributed by atoms with Crippen molar-refractivity contribution in [2.45, 2.75) is 12.0 Å². The lowest BCUT2D eigenvalue weighted by atomic mass is 9.88. The lowest BCUT2D eigenvalue weighted by molar-refractivity contribution is -0.00164. The first-order chi connectivity index (χ1) is 11.0. The standard InChI is InChI=1S/C17H15F2NO3/c18-11-5-6-12(14(19)9-11)16(21)20-10-17(22)7-8-23-15-4-2-1-3-13(15)17/h1-6,9,22H,7-8,10H2,(H,20,21). The van der Waals surface area contributed by atoms with E-state index in [1.54, 1.807) is 24.3 Å². The number of hydrogen-bond acceptors (Lipinski definition) is 3. The molecule has 0 saturated carbocycles. The lowest BCUT2D eigenvalue weighted by Crippen LogP contribution is -2.44. The average molecular weight is 319 g/mol. The molecule has 2 aromatic carbocycles. The van der Waals surface area contributed by atoms with Crippen LogP contribution in [-0.2, 0) is 5.60 Å². The first-order valence-corrected chi connectivity index (χ1v) is 7.17. The molecule has 1 aliphatic rings. The van der Waals surface area contributed by atoms with Crippen LogP contribution in [0, 0.1) is 11.6 Å². The van der Waals surface area contributed by atoms with Gasteiger partial charge in [-0.15, -0.1) is 0 Å². The van der Waals surface area contributed by atoms with E-state index in [1.165, 1.54) is 0 Å². The highest BCUT2D eigenvalue weighted by molar-refractivity contribution is 5.94. The van der Waals surface area contributed by atoms with Crippen LogP contribution in [0.2, 0.25) is 0 Å². The molecule has 0 spiro atoms. The van der Waals surface area contributed by atoms with E-state index in [1.807, 2.05) is 0 Å². The molecule has 3 rings (SSSR count). The van der Waals surface area contributed by atoms with Crippen LogP contribution in [0.3, 0.4) is 0 Å². The molecular weight excluding hydrogens is 304 g/mol. The Morgan fingerprint density at radius 1 is 1.26 bits per heavy atom. The summed E-state index contributed by atoms with van der Waals surface area (Å²) in [6, 6.07) is 9.74. The zero-order chi connectivity index (χ0) is 16.4. The second-order valence-corrected chi connectivity index (χ2v) is 5.43. The summed E-state index contributed by atoms with van der Waals surface area (Å²) in [5, 5.41) is 13.3. The predicted molar refractivity (Wildman–Crippen MR) is 79.1 cm³/mol. The summed E-state index contributed by atoms with van der Waals surface area (Å²) in [6.45, 7) is 0.220. The molecule has 0 aromatic heterocycles. The fraction of sp³-hybridized carbons (Fsp3) is 0.235. The minimum atomic E-state index is -1.29. The van der Waals surface area contributed by atoms with Crippen molar-refractivity contribution in [2.24, 2.45) is 0 Å². The van der Waals surface area contributed by atoms with Crippen LogP contribution in [0.4, 0.5) is 8.78 Å². The minimum Gasteiger partial charge on any atom is -0.493 e.